The second-order valence-electron chi connectivity index (χ2n) is 11.3. The van der Waals surface area contributed by atoms with Crippen LogP contribution in [-0.4, -0.2) is 71.5 Å². The Morgan fingerprint density at radius 2 is 1.28 bits per heavy atom. The number of amides is 3. The molecule has 0 aromatic rings. The van der Waals surface area contributed by atoms with E-state index in [0.29, 0.717) is 18.9 Å². The number of hydrogen-bond acceptors (Lipinski definition) is 6. The van der Waals surface area contributed by atoms with Gasteiger partial charge in [-0.25, -0.2) is 0 Å². The summed E-state index contributed by atoms with van der Waals surface area (Å²) in [6.45, 7) is 20.0. The molecule has 6 N–H and O–H groups in total. The van der Waals surface area contributed by atoms with Crippen LogP contribution in [0.5, 0.6) is 0 Å². The van der Waals surface area contributed by atoms with Gasteiger partial charge in [0.05, 0.1) is 12.1 Å². The van der Waals surface area contributed by atoms with Gasteiger partial charge < -0.3 is 31.3 Å². The molecule has 0 spiro atoms. The SMILES string of the molecule is CC.CC(C)(CO)NC(=O)CO.CC(C)CCCNC(=O)CC(C)(C)CC(C)(C)CNC(=O)CO.[W]. The molecule has 0 aliphatic rings. The summed E-state index contributed by atoms with van der Waals surface area (Å²) in [5.41, 5.74) is -0.915. The Kier molecular flexibility index (Phi) is 25.7. The Morgan fingerprint density at radius 1 is 0.778 bits per heavy atom. The molecule has 0 radical (unpaired) electrons. The fourth-order valence-electron chi connectivity index (χ4n) is 3.51. The number of aliphatic hydroxyl groups excluding tert-OH is 3. The summed E-state index contributed by atoms with van der Waals surface area (Å²) in [6.07, 6.45) is 3.43. The second-order valence-corrected chi connectivity index (χ2v) is 11.3. The van der Waals surface area contributed by atoms with E-state index in [1.54, 1.807) is 13.8 Å². The van der Waals surface area contributed by atoms with E-state index in [2.05, 4.69) is 57.5 Å². The first-order chi connectivity index (χ1) is 16.0. The number of aliphatic hydroxyl groups is 3. The van der Waals surface area contributed by atoms with Gasteiger partial charge in [-0.3, -0.25) is 14.4 Å². The summed E-state index contributed by atoms with van der Waals surface area (Å²) < 4.78 is 0. The van der Waals surface area contributed by atoms with Gasteiger partial charge in [0.25, 0.3) is 0 Å². The minimum Gasteiger partial charge on any atom is -0.394 e. The maximum absolute atomic E-state index is 12.1. The molecular weight excluding hydrogens is 634 g/mol. The molecule has 216 valence electrons. The van der Waals surface area contributed by atoms with Gasteiger partial charge in [0.1, 0.15) is 13.2 Å². The van der Waals surface area contributed by atoms with Gasteiger partial charge in [-0.05, 0) is 49.9 Å². The molecule has 0 saturated heterocycles. The van der Waals surface area contributed by atoms with Crippen molar-refractivity contribution in [2.45, 2.75) is 100 Å². The van der Waals surface area contributed by atoms with Crippen LogP contribution in [0.25, 0.3) is 0 Å². The smallest absolute Gasteiger partial charge is 0.246 e. The molecule has 0 aromatic heterocycles. The number of carbonyl (C=O) groups is 3. The minimum atomic E-state index is -0.639. The number of nitrogens with one attached hydrogen (secondary N) is 3. The molecule has 0 atom stereocenters. The Labute approximate surface area is 234 Å². The maximum atomic E-state index is 12.1. The van der Waals surface area contributed by atoms with Crippen LogP contribution in [-0.2, 0) is 35.4 Å². The Bertz CT molecular complexity index is 596. The van der Waals surface area contributed by atoms with Crippen LogP contribution < -0.4 is 16.0 Å². The first-order valence-electron chi connectivity index (χ1n) is 12.7. The molecule has 0 aliphatic carbocycles. The summed E-state index contributed by atoms with van der Waals surface area (Å²) in [4.78, 5) is 33.8. The van der Waals surface area contributed by atoms with E-state index >= 15 is 0 Å². The van der Waals surface area contributed by atoms with E-state index in [0.717, 1.165) is 25.8 Å². The third kappa shape index (κ3) is 27.6. The zero-order chi connectivity index (χ0) is 28.3. The molecule has 0 saturated carbocycles. The van der Waals surface area contributed by atoms with Crippen LogP contribution in [0, 0.1) is 16.7 Å². The molecule has 0 bridgehead atoms. The Hall–Kier alpha value is -1.02. The van der Waals surface area contributed by atoms with Crippen LogP contribution in [0.4, 0.5) is 0 Å². The molecule has 0 fully saturated rings. The van der Waals surface area contributed by atoms with Gasteiger partial charge in [0.2, 0.25) is 17.7 Å². The number of carbonyl (C=O) groups excluding carboxylic acids is 3. The van der Waals surface area contributed by atoms with Crippen molar-refractivity contribution in [2.75, 3.05) is 32.9 Å². The van der Waals surface area contributed by atoms with Gasteiger partial charge in [-0.15, -0.1) is 0 Å². The van der Waals surface area contributed by atoms with E-state index in [9.17, 15) is 14.4 Å². The van der Waals surface area contributed by atoms with Crippen molar-refractivity contribution in [1.29, 1.82) is 0 Å². The van der Waals surface area contributed by atoms with Gasteiger partial charge in [-0.2, -0.15) is 0 Å². The predicted molar refractivity (Wildman–Crippen MR) is 142 cm³/mol. The van der Waals surface area contributed by atoms with E-state index in [-0.39, 0.29) is 50.3 Å². The largest absolute Gasteiger partial charge is 0.394 e. The van der Waals surface area contributed by atoms with Gasteiger partial charge >= 0.3 is 0 Å². The first kappa shape index (κ1) is 42.1. The number of rotatable bonds is 14. The molecule has 0 rings (SSSR count). The van der Waals surface area contributed by atoms with E-state index in [1.807, 2.05) is 13.8 Å². The molecule has 0 aliphatic heterocycles. The number of hydrogen-bond donors (Lipinski definition) is 6. The normalized spacial score (nSPS) is 11.2. The monoisotopic (exact) mass is 689 g/mol. The Balaban J connectivity index is -0.000000331. The third-order valence-corrected chi connectivity index (χ3v) is 4.80. The topological polar surface area (TPSA) is 148 Å². The van der Waals surface area contributed by atoms with Crippen molar-refractivity contribution in [3.05, 3.63) is 0 Å². The Morgan fingerprint density at radius 3 is 1.69 bits per heavy atom. The summed E-state index contributed by atoms with van der Waals surface area (Å²) >= 11 is 0. The van der Waals surface area contributed by atoms with E-state index in [4.69, 9.17) is 15.3 Å². The van der Waals surface area contributed by atoms with Gasteiger partial charge in [0.15, 0.2) is 0 Å². The van der Waals surface area contributed by atoms with Crippen LogP contribution in [0.2, 0.25) is 0 Å². The predicted octanol–water partition coefficient (Wildman–Crippen LogP) is 2.37. The van der Waals surface area contributed by atoms with E-state index < -0.39 is 24.7 Å². The molecule has 0 aromatic carbocycles. The summed E-state index contributed by atoms with van der Waals surface area (Å²) in [6, 6.07) is 0. The standard InChI is InChI=1S/C18H36N2O3.C6H13NO3.C2H6.W/c1-14(2)8-7-9-19-15(22)10-17(3,4)12-18(5,6)13-20-16(23)11-21;1-6(2,4-9)7-5(10)3-8;1-2;/h14,21H,7-13H2,1-6H3,(H,19,22)(H,20,23);8-9H,3-4H2,1-2H3,(H,7,10);1-2H3;. The molecule has 3 amide bonds. The van der Waals surface area contributed by atoms with Crippen LogP contribution >= 0.6 is 0 Å². The average molecular weight is 690 g/mol. The van der Waals surface area contributed by atoms with Gasteiger partial charge in [0, 0.05) is 40.6 Å². The quantitative estimate of drug-likeness (QED) is 0.155. The maximum Gasteiger partial charge on any atom is 0.246 e. The summed E-state index contributed by atoms with van der Waals surface area (Å²) in [5, 5.41) is 33.8. The summed E-state index contributed by atoms with van der Waals surface area (Å²) in [5.74, 6) is -0.0787. The fourth-order valence-corrected chi connectivity index (χ4v) is 3.51. The van der Waals surface area contributed by atoms with Crippen molar-refractivity contribution in [3.8, 4) is 0 Å². The molecule has 0 unspecified atom stereocenters. The fraction of sp³-hybridized carbons (Fsp3) is 0.885. The summed E-state index contributed by atoms with van der Waals surface area (Å²) in [7, 11) is 0. The van der Waals surface area contributed by atoms with Crippen molar-refractivity contribution in [3.63, 3.8) is 0 Å². The first-order valence-corrected chi connectivity index (χ1v) is 12.7. The van der Waals surface area contributed by atoms with Crippen LogP contribution in [0.1, 0.15) is 94.9 Å². The molecule has 9 nitrogen and oxygen atoms in total. The van der Waals surface area contributed by atoms with E-state index in [1.165, 1.54) is 0 Å². The third-order valence-electron chi connectivity index (χ3n) is 4.80. The average Bonchev–Trinajstić information content (AvgIpc) is 2.75. The minimum absolute atomic E-state index is 0. The van der Waals surface area contributed by atoms with Crippen molar-refractivity contribution >= 4 is 17.7 Å². The van der Waals surface area contributed by atoms with Crippen molar-refractivity contribution < 1.29 is 50.8 Å². The zero-order valence-corrected chi connectivity index (χ0v) is 27.3. The van der Waals surface area contributed by atoms with Crippen LogP contribution in [0.3, 0.4) is 0 Å². The molecular formula is C26H55N3O6W. The molecule has 36 heavy (non-hydrogen) atoms. The zero-order valence-electron chi connectivity index (χ0n) is 24.4. The van der Waals surface area contributed by atoms with Gasteiger partial charge in [-0.1, -0.05) is 55.4 Å². The van der Waals surface area contributed by atoms with Crippen molar-refractivity contribution in [2.24, 2.45) is 16.7 Å². The van der Waals surface area contributed by atoms with Crippen LogP contribution in [0.15, 0.2) is 0 Å². The van der Waals surface area contributed by atoms with Crippen molar-refractivity contribution in [1.82, 2.24) is 16.0 Å². The molecule has 10 heteroatoms. The second kappa shape index (κ2) is 22.0. The molecule has 0 heterocycles.